The van der Waals surface area contributed by atoms with E-state index in [2.05, 4.69) is 21.7 Å². The zero-order valence-electron chi connectivity index (χ0n) is 14.1. The van der Waals surface area contributed by atoms with Crippen LogP contribution in [0.15, 0.2) is 29.1 Å². The number of carbonyl (C=O) groups is 1. The number of hydrogen-bond acceptors (Lipinski definition) is 4. The Morgan fingerprint density at radius 2 is 2.21 bits per heavy atom. The number of carbonyl (C=O) groups excluding carboxylic acids is 1. The van der Waals surface area contributed by atoms with E-state index in [-0.39, 0.29) is 11.6 Å². The topological polar surface area (TPSA) is 76.0 Å². The molecular weight excluding hydrogens is 304 g/mol. The summed E-state index contributed by atoms with van der Waals surface area (Å²) in [6.45, 7) is 5.35. The quantitative estimate of drug-likeness (QED) is 0.896. The van der Waals surface area contributed by atoms with Crippen LogP contribution in [-0.4, -0.2) is 28.5 Å². The summed E-state index contributed by atoms with van der Waals surface area (Å²) >= 11 is 0. The molecule has 0 unspecified atom stereocenters. The van der Waals surface area contributed by atoms with Gasteiger partial charge in [0.2, 0.25) is 0 Å². The lowest BCUT2D eigenvalue weighted by molar-refractivity contribution is 0.0952. The van der Waals surface area contributed by atoms with Gasteiger partial charge >= 0.3 is 5.69 Å². The maximum Gasteiger partial charge on any atom is 0.348 e. The first-order valence-electron chi connectivity index (χ1n) is 8.25. The normalized spacial score (nSPS) is 13.1. The number of anilines is 1. The maximum atomic E-state index is 12.5. The summed E-state index contributed by atoms with van der Waals surface area (Å²) in [4.78, 5) is 28.3. The van der Waals surface area contributed by atoms with Gasteiger partial charge in [-0.05, 0) is 44.4 Å². The summed E-state index contributed by atoms with van der Waals surface area (Å²) in [5, 5.41) is 6.22. The molecule has 0 aliphatic carbocycles. The summed E-state index contributed by atoms with van der Waals surface area (Å²) in [6.07, 6.45) is 2.08. The molecule has 2 N–H and O–H groups in total. The third-order valence-corrected chi connectivity index (χ3v) is 4.29. The smallest absolute Gasteiger partial charge is 0.348 e. The highest BCUT2D eigenvalue weighted by atomic mass is 16.2. The Kier molecular flexibility index (Phi) is 4.64. The summed E-state index contributed by atoms with van der Waals surface area (Å²) in [6, 6.07) is 7.66. The first kappa shape index (κ1) is 16.2. The fraction of sp³-hybridized carbons (Fsp3) is 0.389. The molecule has 1 aromatic heterocycles. The number of benzene rings is 1. The molecule has 1 aromatic carbocycles. The number of para-hydroxylation sites is 1. The molecule has 0 fully saturated rings. The lowest BCUT2D eigenvalue weighted by Crippen LogP contribution is -2.33. The van der Waals surface area contributed by atoms with Gasteiger partial charge in [-0.2, -0.15) is 4.98 Å². The van der Waals surface area contributed by atoms with Crippen LogP contribution in [0.5, 0.6) is 0 Å². The van der Waals surface area contributed by atoms with Gasteiger partial charge in [-0.15, -0.1) is 0 Å². The maximum absolute atomic E-state index is 12.5. The van der Waals surface area contributed by atoms with Gasteiger partial charge in [0.05, 0.1) is 11.3 Å². The number of aromatic nitrogens is 2. The molecule has 6 heteroatoms. The van der Waals surface area contributed by atoms with E-state index >= 15 is 0 Å². The molecular formula is C18H22N4O2. The van der Waals surface area contributed by atoms with E-state index in [9.17, 15) is 9.59 Å². The average Bonchev–Trinajstić information content (AvgIpc) is 2.56. The van der Waals surface area contributed by atoms with E-state index in [0.29, 0.717) is 24.3 Å². The van der Waals surface area contributed by atoms with Crippen LogP contribution in [0.25, 0.3) is 0 Å². The van der Waals surface area contributed by atoms with E-state index in [1.54, 1.807) is 11.5 Å². The predicted octanol–water partition coefficient (Wildman–Crippen LogP) is 1.65. The van der Waals surface area contributed by atoms with Crippen LogP contribution < -0.4 is 16.3 Å². The second kappa shape index (κ2) is 6.86. The van der Waals surface area contributed by atoms with Gasteiger partial charge in [-0.3, -0.25) is 9.36 Å². The Labute approximate surface area is 140 Å². The average molecular weight is 326 g/mol. The van der Waals surface area contributed by atoms with Crippen LogP contribution >= 0.6 is 0 Å². The van der Waals surface area contributed by atoms with E-state index < -0.39 is 0 Å². The lowest BCUT2D eigenvalue weighted by atomic mass is 9.99. The van der Waals surface area contributed by atoms with Crippen LogP contribution in [-0.2, 0) is 13.0 Å². The van der Waals surface area contributed by atoms with Crippen molar-refractivity contribution >= 4 is 11.6 Å². The highest BCUT2D eigenvalue weighted by Crippen LogP contribution is 2.25. The van der Waals surface area contributed by atoms with E-state index in [4.69, 9.17) is 0 Å². The van der Waals surface area contributed by atoms with Crippen LogP contribution in [0.2, 0.25) is 0 Å². The molecule has 0 bridgehead atoms. The van der Waals surface area contributed by atoms with E-state index in [1.807, 2.05) is 25.1 Å². The van der Waals surface area contributed by atoms with E-state index in [0.717, 1.165) is 30.8 Å². The SMILES string of the molecule is Cc1cc(C)n(CCNC(=O)c2cccc3c2NCCC3)c(=O)n1. The zero-order chi connectivity index (χ0) is 17.1. The van der Waals surface area contributed by atoms with Crippen molar-refractivity contribution in [3.8, 4) is 0 Å². The highest BCUT2D eigenvalue weighted by Gasteiger charge is 2.17. The number of nitrogens with zero attached hydrogens (tertiary/aromatic N) is 2. The van der Waals surface area contributed by atoms with Gasteiger partial charge in [0.1, 0.15) is 0 Å². The number of aryl methyl sites for hydroxylation is 3. The molecule has 2 heterocycles. The molecule has 0 atom stereocenters. The number of nitrogens with one attached hydrogen (secondary N) is 2. The van der Waals surface area contributed by atoms with Crippen molar-refractivity contribution in [1.29, 1.82) is 0 Å². The Hall–Kier alpha value is -2.63. The molecule has 126 valence electrons. The summed E-state index contributed by atoms with van der Waals surface area (Å²) in [7, 11) is 0. The van der Waals surface area contributed by atoms with Gasteiger partial charge in [0.25, 0.3) is 5.91 Å². The van der Waals surface area contributed by atoms with Crippen molar-refractivity contribution in [3.05, 3.63) is 57.3 Å². The van der Waals surface area contributed by atoms with Crippen LogP contribution in [0, 0.1) is 13.8 Å². The highest BCUT2D eigenvalue weighted by molar-refractivity contribution is 6.00. The molecule has 1 amide bonds. The van der Waals surface area contributed by atoms with Gasteiger partial charge in [0.15, 0.2) is 0 Å². The van der Waals surface area contributed by atoms with Crippen molar-refractivity contribution in [2.24, 2.45) is 0 Å². The number of rotatable bonds is 4. The van der Waals surface area contributed by atoms with Crippen LogP contribution in [0.1, 0.15) is 33.7 Å². The molecule has 1 aliphatic rings. The fourth-order valence-corrected chi connectivity index (χ4v) is 3.12. The second-order valence-corrected chi connectivity index (χ2v) is 6.10. The van der Waals surface area contributed by atoms with Crippen molar-refractivity contribution < 1.29 is 4.79 Å². The molecule has 2 aromatic rings. The summed E-state index contributed by atoms with van der Waals surface area (Å²) in [5.74, 6) is -0.118. The number of hydrogen-bond donors (Lipinski definition) is 2. The molecule has 3 rings (SSSR count). The molecule has 0 saturated heterocycles. The number of fused-ring (bicyclic) bond motifs is 1. The standard InChI is InChI=1S/C18H22N4O2/c1-12-11-13(2)22(18(24)21-12)10-9-20-17(23)15-7-3-5-14-6-4-8-19-16(14)15/h3,5,7,11,19H,4,6,8-10H2,1-2H3,(H,20,23). The molecule has 24 heavy (non-hydrogen) atoms. The molecule has 0 spiro atoms. The molecule has 6 nitrogen and oxygen atoms in total. The first-order chi connectivity index (χ1) is 11.6. The van der Waals surface area contributed by atoms with Crippen LogP contribution in [0.3, 0.4) is 0 Å². The minimum atomic E-state index is -0.277. The monoisotopic (exact) mass is 326 g/mol. The van der Waals surface area contributed by atoms with Crippen molar-refractivity contribution in [1.82, 2.24) is 14.9 Å². The van der Waals surface area contributed by atoms with Crippen molar-refractivity contribution in [2.45, 2.75) is 33.2 Å². The van der Waals surface area contributed by atoms with Gasteiger partial charge in [0, 0.05) is 31.0 Å². The van der Waals surface area contributed by atoms with Gasteiger partial charge in [-0.25, -0.2) is 4.79 Å². The van der Waals surface area contributed by atoms with Gasteiger partial charge in [-0.1, -0.05) is 12.1 Å². The van der Waals surface area contributed by atoms with Crippen molar-refractivity contribution in [3.63, 3.8) is 0 Å². The zero-order valence-corrected chi connectivity index (χ0v) is 14.1. The molecule has 1 aliphatic heterocycles. The first-order valence-corrected chi connectivity index (χ1v) is 8.25. The lowest BCUT2D eigenvalue weighted by Gasteiger charge is -2.20. The van der Waals surface area contributed by atoms with Crippen LogP contribution in [0.4, 0.5) is 5.69 Å². The Balaban J connectivity index is 1.68. The molecule has 0 saturated carbocycles. The summed E-state index contributed by atoms with van der Waals surface area (Å²) in [5.41, 5.74) is 4.06. The predicted molar refractivity (Wildman–Crippen MR) is 93.6 cm³/mol. The van der Waals surface area contributed by atoms with Crippen molar-refractivity contribution in [2.75, 3.05) is 18.4 Å². The third kappa shape index (κ3) is 3.32. The van der Waals surface area contributed by atoms with Gasteiger partial charge < -0.3 is 10.6 Å². The number of amides is 1. The second-order valence-electron chi connectivity index (χ2n) is 6.10. The molecule has 0 radical (unpaired) electrons. The third-order valence-electron chi connectivity index (χ3n) is 4.29. The van der Waals surface area contributed by atoms with E-state index in [1.165, 1.54) is 5.56 Å². The minimum Gasteiger partial charge on any atom is -0.384 e. The Bertz CT molecular complexity index is 826. The minimum absolute atomic E-state index is 0.118. The Morgan fingerprint density at radius 1 is 1.38 bits per heavy atom. The fourth-order valence-electron chi connectivity index (χ4n) is 3.12. The Morgan fingerprint density at radius 3 is 3.00 bits per heavy atom. The largest absolute Gasteiger partial charge is 0.384 e. The summed E-state index contributed by atoms with van der Waals surface area (Å²) < 4.78 is 1.58.